The molecular weight excluding hydrogens is 252 g/mol. The molecule has 1 heterocycles. The largest absolute Gasteiger partial charge is 0.349 e. The third-order valence-corrected chi connectivity index (χ3v) is 4.03. The summed E-state index contributed by atoms with van der Waals surface area (Å²) in [4.78, 5) is 26.8. The molecule has 0 radical (unpaired) electrons. The van der Waals surface area contributed by atoms with Crippen molar-refractivity contribution in [1.82, 2.24) is 10.3 Å². The van der Waals surface area contributed by atoms with Crippen LogP contribution in [-0.4, -0.2) is 16.9 Å². The molecule has 2 atom stereocenters. The van der Waals surface area contributed by atoms with Gasteiger partial charge in [0.25, 0.3) is 5.91 Å². The zero-order chi connectivity index (χ0) is 14.1. The van der Waals surface area contributed by atoms with E-state index >= 15 is 0 Å². The van der Waals surface area contributed by atoms with Crippen LogP contribution in [0.4, 0.5) is 0 Å². The second-order valence-electron chi connectivity index (χ2n) is 5.68. The Morgan fingerprint density at radius 1 is 1.30 bits per heavy atom. The van der Waals surface area contributed by atoms with Gasteiger partial charge in [0.05, 0.1) is 5.56 Å². The summed E-state index contributed by atoms with van der Waals surface area (Å²) in [6.45, 7) is 2.20. The number of benzene rings is 1. The van der Waals surface area contributed by atoms with E-state index in [9.17, 15) is 9.59 Å². The Kier molecular flexibility index (Phi) is 3.30. The number of carbonyl (C=O) groups is 1. The van der Waals surface area contributed by atoms with Crippen LogP contribution in [0.5, 0.6) is 0 Å². The molecule has 2 aromatic rings. The maximum atomic E-state index is 12.4. The molecule has 1 aromatic carbocycles. The summed E-state index contributed by atoms with van der Waals surface area (Å²) in [5, 5.41) is 3.84. The molecule has 1 aliphatic rings. The van der Waals surface area contributed by atoms with Gasteiger partial charge in [0, 0.05) is 23.0 Å². The van der Waals surface area contributed by atoms with Crippen LogP contribution < -0.4 is 10.9 Å². The molecule has 0 aliphatic heterocycles. The molecule has 0 bridgehead atoms. The average molecular weight is 270 g/mol. The van der Waals surface area contributed by atoms with Gasteiger partial charge in [-0.2, -0.15) is 0 Å². The van der Waals surface area contributed by atoms with Crippen molar-refractivity contribution in [1.29, 1.82) is 0 Å². The lowest BCUT2D eigenvalue weighted by Crippen LogP contribution is -2.33. The maximum absolute atomic E-state index is 12.4. The van der Waals surface area contributed by atoms with Crippen molar-refractivity contribution in [3.05, 3.63) is 46.2 Å². The highest BCUT2D eigenvalue weighted by Crippen LogP contribution is 2.25. The molecule has 20 heavy (non-hydrogen) atoms. The molecule has 3 rings (SSSR count). The minimum Gasteiger partial charge on any atom is -0.349 e. The quantitative estimate of drug-likeness (QED) is 0.880. The van der Waals surface area contributed by atoms with Gasteiger partial charge in [-0.3, -0.25) is 9.59 Å². The van der Waals surface area contributed by atoms with E-state index in [0.29, 0.717) is 17.0 Å². The Balaban J connectivity index is 1.93. The number of aromatic amines is 1. The minimum absolute atomic E-state index is 0.147. The molecule has 2 N–H and O–H groups in total. The summed E-state index contributed by atoms with van der Waals surface area (Å²) in [5.74, 6) is 0.516. The Bertz CT molecular complexity index is 705. The number of amides is 1. The lowest BCUT2D eigenvalue weighted by molar-refractivity contribution is 0.0939. The van der Waals surface area contributed by atoms with E-state index in [-0.39, 0.29) is 17.5 Å². The highest BCUT2D eigenvalue weighted by Gasteiger charge is 2.23. The van der Waals surface area contributed by atoms with E-state index in [0.717, 1.165) is 24.6 Å². The van der Waals surface area contributed by atoms with E-state index in [2.05, 4.69) is 17.2 Å². The third kappa shape index (κ3) is 2.46. The van der Waals surface area contributed by atoms with Crippen molar-refractivity contribution in [2.45, 2.75) is 32.2 Å². The Labute approximate surface area is 117 Å². The fourth-order valence-electron chi connectivity index (χ4n) is 2.99. The van der Waals surface area contributed by atoms with E-state index in [1.165, 1.54) is 6.07 Å². The van der Waals surface area contributed by atoms with E-state index in [4.69, 9.17) is 0 Å². The normalized spacial score (nSPS) is 22.1. The molecule has 1 aromatic heterocycles. The number of nitrogens with one attached hydrogen (secondary N) is 2. The first kappa shape index (κ1) is 12.9. The second kappa shape index (κ2) is 5.12. The highest BCUT2D eigenvalue weighted by atomic mass is 16.2. The van der Waals surface area contributed by atoms with Crippen LogP contribution >= 0.6 is 0 Å². The lowest BCUT2D eigenvalue weighted by Gasteiger charge is -2.13. The fraction of sp³-hybridized carbons (Fsp3) is 0.375. The topological polar surface area (TPSA) is 62.0 Å². The van der Waals surface area contributed by atoms with Crippen LogP contribution in [0.15, 0.2) is 35.1 Å². The number of pyridine rings is 1. The molecule has 1 fully saturated rings. The van der Waals surface area contributed by atoms with Crippen molar-refractivity contribution in [2.75, 3.05) is 0 Å². The first-order valence-electron chi connectivity index (χ1n) is 7.06. The number of H-pyrrole nitrogens is 1. The van der Waals surface area contributed by atoms with Gasteiger partial charge in [0.2, 0.25) is 5.56 Å². The number of fused-ring (bicyclic) bond motifs is 1. The molecule has 1 saturated carbocycles. The first-order chi connectivity index (χ1) is 9.63. The minimum atomic E-state index is -0.242. The summed E-state index contributed by atoms with van der Waals surface area (Å²) in [5.41, 5.74) is 0.919. The number of aromatic nitrogens is 1. The average Bonchev–Trinajstić information content (AvgIpc) is 2.83. The lowest BCUT2D eigenvalue weighted by atomic mass is 10.1. The maximum Gasteiger partial charge on any atom is 0.252 e. The SMILES string of the molecule is CC1CCC(NC(=O)c2cc(=O)[nH]c3ccccc23)C1. The Morgan fingerprint density at radius 2 is 2.10 bits per heavy atom. The molecule has 0 saturated heterocycles. The first-order valence-corrected chi connectivity index (χ1v) is 7.06. The van der Waals surface area contributed by atoms with Crippen LogP contribution in [0.25, 0.3) is 10.9 Å². The standard InChI is InChI=1S/C16H18N2O2/c1-10-6-7-11(8-10)17-16(20)13-9-15(19)18-14-5-3-2-4-12(13)14/h2-5,9-11H,6-8H2,1H3,(H,17,20)(H,18,19). The highest BCUT2D eigenvalue weighted by molar-refractivity contribution is 6.06. The number of hydrogen-bond acceptors (Lipinski definition) is 2. The fourth-order valence-corrected chi connectivity index (χ4v) is 2.99. The van der Waals surface area contributed by atoms with Gasteiger partial charge < -0.3 is 10.3 Å². The predicted octanol–water partition coefficient (Wildman–Crippen LogP) is 2.45. The summed E-state index contributed by atoms with van der Waals surface area (Å²) in [7, 11) is 0. The predicted molar refractivity (Wildman–Crippen MR) is 78.8 cm³/mol. The van der Waals surface area contributed by atoms with Crippen LogP contribution in [0, 0.1) is 5.92 Å². The van der Waals surface area contributed by atoms with Gasteiger partial charge in [-0.25, -0.2) is 0 Å². The molecule has 2 unspecified atom stereocenters. The van der Waals surface area contributed by atoms with Crippen LogP contribution in [0.2, 0.25) is 0 Å². The summed E-state index contributed by atoms with van der Waals surface area (Å²) in [6.07, 6.45) is 3.20. The van der Waals surface area contributed by atoms with E-state index in [1.807, 2.05) is 24.3 Å². The summed E-state index contributed by atoms with van der Waals surface area (Å²) < 4.78 is 0. The monoisotopic (exact) mass is 270 g/mol. The Morgan fingerprint density at radius 3 is 2.85 bits per heavy atom. The molecule has 104 valence electrons. The zero-order valence-corrected chi connectivity index (χ0v) is 11.5. The Hall–Kier alpha value is -2.10. The van der Waals surface area contributed by atoms with Gasteiger partial charge >= 0.3 is 0 Å². The number of carbonyl (C=O) groups excluding carboxylic acids is 1. The number of para-hydroxylation sites is 1. The molecule has 1 aliphatic carbocycles. The number of hydrogen-bond donors (Lipinski definition) is 2. The van der Waals surface area contributed by atoms with E-state index in [1.54, 1.807) is 0 Å². The van der Waals surface area contributed by atoms with E-state index < -0.39 is 0 Å². The molecular formula is C16H18N2O2. The second-order valence-corrected chi connectivity index (χ2v) is 5.68. The van der Waals surface area contributed by atoms with Crippen LogP contribution in [0.1, 0.15) is 36.5 Å². The number of rotatable bonds is 2. The summed E-state index contributed by atoms with van der Waals surface area (Å²) in [6, 6.07) is 9.00. The summed E-state index contributed by atoms with van der Waals surface area (Å²) >= 11 is 0. The van der Waals surface area contributed by atoms with Crippen LogP contribution in [0.3, 0.4) is 0 Å². The zero-order valence-electron chi connectivity index (χ0n) is 11.5. The molecule has 0 spiro atoms. The van der Waals surface area contributed by atoms with Gasteiger partial charge in [-0.15, -0.1) is 0 Å². The van der Waals surface area contributed by atoms with Crippen molar-refractivity contribution in [3.8, 4) is 0 Å². The van der Waals surface area contributed by atoms with Gasteiger partial charge in [0.1, 0.15) is 0 Å². The molecule has 4 nitrogen and oxygen atoms in total. The van der Waals surface area contributed by atoms with Crippen molar-refractivity contribution < 1.29 is 4.79 Å². The van der Waals surface area contributed by atoms with Crippen molar-refractivity contribution in [2.24, 2.45) is 5.92 Å². The molecule has 1 amide bonds. The smallest absolute Gasteiger partial charge is 0.252 e. The van der Waals surface area contributed by atoms with Gasteiger partial charge in [-0.1, -0.05) is 25.1 Å². The van der Waals surface area contributed by atoms with Crippen molar-refractivity contribution >= 4 is 16.8 Å². The van der Waals surface area contributed by atoms with Gasteiger partial charge in [-0.05, 0) is 31.2 Å². The van der Waals surface area contributed by atoms with Crippen LogP contribution in [-0.2, 0) is 0 Å². The van der Waals surface area contributed by atoms with Crippen molar-refractivity contribution in [3.63, 3.8) is 0 Å². The third-order valence-electron chi connectivity index (χ3n) is 4.03. The van der Waals surface area contributed by atoms with Gasteiger partial charge in [0.15, 0.2) is 0 Å². The molecule has 4 heteroatoms.